The lowest BCUT2D eigenvalue weighted by atomic mass is 9.98. The van der Waals surface area contributed by atoms with Crippen molar-refractivity contribution in [3.63, 3.8) is 0 Å². The zero-order chi connectivity index (χ0) is 31.8. The largest absolute Gasteiger partial charge is 0.472 e. The molecule has 0 spiro atoms. The number of alkyl halides is 3. The van der Waals surface area contributed by atoms with E-state index in [2.05, 4.69) is 15.0 Å². The topological polar surface area (TPSA) is 116 Å². The summed E-state index contributed by atoms with van der Waals surface area (Å²) in [4.78, 5) is 28.7. The number of piperazine rings is 1. The molecule has 4 heterocycles. The molecule has 3 atom stereocenters. The number of nitrogens with two attached hydrogens (primary N) is 1. The number of benzene rings is 1. The van der Waals surface area contributed by atoms with Gasteiger partial charge in [-0.05, 0) is 40.7 Å². The highest BCUT2D eigenvalue weighted by Crippen LogP contribution is 2.46. The minimum absolute atomic E-state index is 0.0848. The van der Waals surface area contributed by atoms with Crippen molar-refractivity contribution in [2.75, 3.05) is 30.8 Å². The van der Waals surface area contributed by atoms with Crippen molar-refractivity contribution >= 4 is 28.5 Å². The molecule has 0 radical (unpaired) electrons. The third kappa shape index (κ3) is 5.05. The van der Waals surface area contributed by atoms with Gasteiger partial charge in [0.25, 0.3) is 0 Å². The summed E-state index contributed by atoms with van der Waals surface area (Å²) in [7, 11) is 1.21. The number of fused-ring (bicyclic) bond motifs is 2. The first kappa shape index (κ1) is 30.2. The molecule has 10 nitrogen and oxygen atoms in total. The van der Waals surface area contributed by atoms with Crippen LogP contribution in [0.1, 0.15) is 40.2 Å². The van der Waals surface area contributed by atoms with Crippen LogP contribution in [0.15, 0.2) is 6.07 Å². The van der Waals surface area contributed by atoms with Gasteiger partial charge in [0.05, 0.1) is 24.9 Å². The third-order valence-electron chi connectivity index (χ3n) is 7.27. The second-order valence-electron chi connectivity index (χ2n) is 11.3. The van der Waals surface area contributed by atoms with E-state index in [4.69, 9.17) is 19.9 Å². The number of carbonyl (C=O) groups excluding carboxylic acids is 1. The minimum atomic E-state index is -5.45. The summed E-state index contributed by atoms with van der Waals surface area (Å²) in [6.45, 7) is 8.93. The van der Waals surface area contributed by atoms with Crippen LogP contribution in [0.3, 0.4) is 0 Å². The van der Waals surface area contributed by atoms with E-state index in [1.54, 1.807) is 39.5 Å². The van der Waals surface area contributed by atoms with Crippen molar-refractivity contribution in [2.45, 2.75) is 64.6 Å². The number of methoxy groups -OCH3 is 1. The number of halogens is 6. The zero-order valence-electron chi connectivity index (χ0n) is 23.9. The molecule has 0 saturated carbocycles. The second-order valence-corrected chi connectivity index (χ2v) is 11.3. The van der Waals surface area contributed by atoms with Gasteiger partial charge in [-0.1, -0.05) is 0 Å². The molecule has 0 aliphatic carbocycles. The fraction of sp³-hybridized carbons (Fsp3) is 0.481. The molecule has 2 N–H and O–H groups in total. The Morgan fingerprint density at radius 2 is 1.72 bits per heavy atom. The first-order valence-electron chi connectivity index (χ1n) is 13.2. The van der Waals surface area contributed by atoms with E-state index in [1.165, 1.54) is 12.0 Å². The van der Waals surface area contributed by atoms with Gasteiger partial charge in [0.1, 0.15) is 39.7 Å². The van der Waals surface area contributed by atoms with E-state index < -0.39 is 81.5 Å². The summed E-state index contributed by atoms with van der Waals surface area (Å²) in [6, 6.07) is -1.07. The van der Waals surface area contributed by atoms with Gasteiger partial charge in [0, 0.05) is 18.7 Å². The molecule has 1 aromatic carbocycles. The molecule has 1 saturated heterocycles. The number of rotatable bonds is 2. The van der Waals surface area contributed by atoms with Crippen LogP contribution in [0.4, 0.5) is 42.6 Å². The Morgan fingerprint density at radius 1 is 1.05 bits per heavy atom. The molecule has 5 rings (SSSR count). The predicted molar refractivity (Wildman–Crippen MR) is 142 cm³/mol. The molecule has 2 aromatic heterocycles. The van der Waals surface area contributed by atoms with Crippen molar-refractivity contribution in [1.82, 2.24) is 19.9 Å². The number of ether oxygens (including phenoxy) is 3. The minimum Gasteiger partial charge on any atom is -0.472 e. The molecule has 16 heteroatoms. The SMILES string of the molecule is COc1nc2c3c(nc(-c4cc(N)c(F)c(F)c4C(F)(F)F)c(F)c3n1)O[C@@H](C)[C@@H]1C(C)N(C(=O)OC(C)(C)C)CCN21. The van der Waals surface area contributed by atoms with Gasteiger partial charge in [-0.15, -0.1) is 0 Å². The summed E-state index contributed by atoms with van der Waals surface area (Å²) >= 11 is 0. The molecular formula is C27H28F6N6O4. The van der Waals surface area contributed by atoms with Crippen LogP contribution in [0, 0.1) is 17.5 Å². The standard InChI is InChI=1S/C27H28F6N6O4/c1-10-21-11(2)42-23-14-20(18(30)19(35-23)12-9-13(34)16(28)17(29)15(12)27(31,32)33)36-24(41-6)37-22(14)39(21)8-7-38(10)25(40)43-26(3,4)5/h9-11,21H,7-8,34H2,1-6H3/t10?,11-,21-/m0/s1. The molecule has 1 amide bonds. The van der Waals surface area contributed by atoms with E-state index in [9.17, 15) is 26.7 Å². The zero-order valence-corrected chi connectivity index (χ0v) is 23.9. The van der Waals surface area contributed by atoms with Gasteiger partial charge in [0.2, 0.25) is 5.88 Å². The molecule has 2 aliphatic heterocycles. The Bertz CT molecular complexity index is 1630. The molecular weight excluding hydrogens is 586 g/mol. The lowest BCUT2D eigenvalue weighted by molar-refractivity contribution is -0.139. The summed E-state index contributed by atoms with van der Waals surface area (Å²) in [5.74, 6) is -5.91. The Balaban J connectivity index is 1.73. The maximum atomic E-state index is 16.2. The number of nitrogens with zero attached hydrogens (tertiary/aromatic N) is 5. The average Bonchev–Trinajstić information content (AvgIpc) is 3.01. The van der Waals surface area contributed by atoms with Gasteiger partial charge >= 0.3 is 18.3 Å². The quantitative estimate of drug-likeness (QED) is 0.303. The predicted octanol–water partition coefficient (Wildman–Crippen LogP) is 5.31. The van der Waals surface area contributed by atoms with Crippen LogP contribution >= 0.6 is 0 Å². The van der Waals surface area contributed by atoms with Gasteiger partial charge in [-0.3, -0.25) is 0 Å². The summed E-state index contributed by atoms with van der Waals surface area (Å²) < 4.78 is 104. The molecule has 232 valence electrons. The van der Waals surface area contributed by atoms with E-state index >= 15 is 4.39 Å². The molecule has 43 heavy (non-hydrogen) atoms. The molecule has 1 fully saturated rings. The third-order valence-corrected chi connectivity index (χ3v) is 7.27. The van der Waals surface area contributed by atoms with Crippen molar-refractivity contribution in [3.8, 4) is 23.1 Å². The number of amides is 1. The second kappa shape index (κ2) is 10.2. The molecule has 3 aromatic rings. The Kier molecular flexibility index (Phi) is 7.16. The van der Waals surface area contributed by atoms with Crippen molar-refractivity contribution < 1.29 is 45.3 Å². The molecule has 0 bridgehead atoms. The lowest BCUT2D eigenvalue weighted by Crippen LogP contribution is -2.64. The summed E-state index contributed by atoms with van der Waals surface area (Å²) in [5, 5.41) is -0.0848. The van der Waals surface area contributed by atoms with Gasteiger partial charge < -0.3 is 29.7 Å². The number of anilines is 2. The smallest absolute Gasteiger partial charge is 0.419 e. The number of hydrogen-bond acceptors (Lipinski definition) is 9. The van der Waals surface area contributed by atoms with Crippen LogP contribution in [0.5, 0.6) is 11.9 Å². The number of hydrogen-bond donors (Lipinski definition) is 1. The fourth-order valence-corrected chi connectivity index (χ4v) is 5.51. The molecule has 2 aliphatic rings. The number of carbonyl (C=O) groups is 1. The highest BCUT2D eigenvalue weighted by atomic mass is 19.4. The first-order valence-corrected chi connectivity index (χ1v) is 13.2. The van der Waals surface area contributed by atoms with Crippen molar-refractivity contribution in [2.24, 2.45) is 0 Å². The van der Waals surface area contributed by atoms with E-state index in [1.807, 2.05) is 0 Å². The van der Waals surface area contributed by atoms with E-state index in [0.717, 1.165) is 0 Å². The maximum absolute atomic E-state index is 16.2. The Hall–Kier alpha value is -4.24. The monoisotopic (exact) mass is 614 g/mol. The highest BCUT2D eigenvalue weighted by molar-refractivity contribution is 5.97. The highest BCUT2D eigenvalue weighted by Gasteiger charge is 2.46. The normalized spacial score (nSPS) is 20.4. The summed E-state index contributed by atoms with van der Waals surface area (Å²) in [6.07, 6.45) is -6.83. The summed E-state index contributed by atoms with van der Waals surface area (Å²) in [5.41, 5.74) is -1.12. The van der Waals surface area contributed by atoms with E-state index in [-0.39, 0.29) is 36.2 Å². The van der Waals surface area contributed by atoms with Crippen LogP contribution < -0.4 is 20.1 Å². The Labute approximate surface area is 241 Å². The van der Waals surface area contributed by atoms with Gasteiger partial charge in [-0.2, -0.15) is 23.1 Å². The van der Waals surface area contributed by atoms with Crippen LogP contribution in [-0.2, 0) is 10.9 Å². The fourth-order valence-electron chi connectivity index (χ4n) is 5.51. The first-order chi connectivity index (χ1) is 19.9. The van der Waals surface area contributed by atoms with Crippen LogP contribution in [-0.4, -0.2) is 69.9 Å². The number of aromatic nitrogens is 3. The van der Waals surface area contributed by atoms with E-state index in [0.29, 0.717) is 6.07 Å². The number of pyridine rings is 1. The Morgan fingerprint density at radius 3 is 2.33 bits per heavy atom. The average molecular weight is 615 g/mol. The number of nitrogen functional groups attached to an aromatic ring is 1. The van der Waals surface area contributed by atoms with Gasteiger partial charge in [-0.25, -0.2) is 22.9 Å². The molecule has 1 unspecified atom stereocenters. The maximum Gasteiger partial charge on any atom is 0.419 e. The van der Waals surface area contributed by atoms with Crippen molar-refractivity contribution in [1.29, 1.82) is 0 Å². The van der Waals surface area contributed by atoms with Crippen LogP contribution in [0.2, 0.25) is 0 Å². The van der Waals surface area contributed by atoms with Gasteiger partial charge in [0.15, 0.2) is 17.5 Å². The van der Waals surface area contributed by atoms with Crippen molar-refractivity contribution in [3.05, 3.63) is 29.1 Å². The van der Waals surface area contributed by atoms with Crippen LogP contribution in [0.25, 0.3) is 22.2 Å². The lowest BCUT2D eigenvalue weighted by Gasteiger charge is -2.47.